The summed E-state index contributed by atoms with van der Waals surface area (Å²) in [6.45, 7) is 8.34. The summed E-state index contributed by atoms with van der Waals surface area (Å²) < 4.78 is 22.1. The van der Waals surface area contributed by atoms with Gasteiger partial charge in [0, 0.05) is 6.61 Å². The van der Waals surface area contributed by atoms with Crippen molar-refractivity contribution in [3.8, 4) is 5.75 Å². The van der Waals surface area contributed by atoms with Gasteiger partial charge in [-0.25, -0.2) is 0 Å². The molecule has 1 saturated heterocycles. The second-order valence-corrected chi connectivity index (χ2v) is 12.0. The van der Waals surface area contributed by atoms with E-state index in [4.69, 9.17) is 28.9 Å². The summed E-state index contributed by atoms with van der Waals surface area (Å²) in [4.78, 5) is 11.9. The Hall–Kier alpha value is -0.610. The zero-order valence-corrected chi connectivity index (χ0v) is 19.6. The van der Waals surface area contributed by atoms with Crippen LogP contribution in [0.3, 0.4) is 0 Å². The van der Waals surface area contributed by atoms with Crippen LogP contribution in [0.1, 0.15) is 32.8 Å². The van der Waals surface area contributed by atoms with Gasteiger partial charge in [-0.1, -0.05) is 0 Å². The monoisotopic (exact) mass is 528 g/mol. The first-order valence-electron chi connectivity index (χ1n) is 9.53. The summed E-state index contributed by atoms with van der Waals surface area (Å²) in [7, 11) is 0. The summed E-state index contributed by atoms with van der Waals surface area (Å²) in [6, 6.07) is 5.49. The molecule has 0 radical (unpaired) electrons. The number of hydrogen-bond acceptors (Lipinski definition) is 6. The van der Waals surface area contributed by atoms with E-state index < -0.39 is 24.3 Å². The van der Waals surface area contributed by atoms with Crippen LogP contribution in [0.5, 0.6) is 5.75 Å². The quantitative estimate of drug-likeness (QED) is 0.249. The molecule has 1 aromatic carbocycles. The van der Waals surface area contributed by atoms with Crippen LogP contribution in [0.25, 0.3) is 0 Å². The summed E-state index contributed by atoms with van der Waals surface area (Å²) in [5.41, 5.74) is 0.906. The van der Waals surface area contributed by atoms with Gasteiger partial charge in [-0.15, -0.1) is 0 Å². The molecule has 0 unspecified atom stereocenters. The molecular formula is C20H30ClIO6. The number of rotatable bonds is 12. The van der Waals surface area contributed by atoms with Crippen molar-refractivity contribution in [2.24, 2.45) is 11.8 Å². The first kappa shape index (κ1) is 23.7. The predicted octanol–water partition coefficient (Wildman–Crippen LogP) is 4.23. The van der Waals surface area contributed by atoms with Crippen LogP contribution in [0, 0.1) is 11.8 Å². The van der Waals surface area contributed by atoms with E-state index in [9.17, 15) is 9.90 Å². The molecule has 28 heavy (non-hydrogen) atoms. The number of carbonyl (C=O) groups excluding carboxylic acids is 1. The maximum absolute atomic E-state index is 11.9. The standard InChI is InChI=1S/C20H30ClIO6/c1-4-25-8-5-9-27-18-10-15(6-7-17(18)21)12-26-13-19(23)22-11-16(14(2)3)20(24)28-22/h6-7,10,14,16,19,23H,4-5,8-9,11-13H2,1-3H3/t16-,19+/m0/s1. The average Bonchev–Trinajstić information content (AvgIpc) is 3.06. The third-order valence-corrected chi connectivity index (χ3v) is 9.39. The van der Waals surface area contributed by atoms with E-state index in [-0.39, 0.29) is 24.4 Å². The van der Waals surface area contributed by atoms with Gasteiger partial charge in [0.1, 0.15) is 0 Å². The minimum absolute atomic E-state index is 0.0847. The van der Waals surface area contributed by atoms with Gasteiger partial charge in [-0.3, -0.25) is 0 Å². The Morgan fingerprint density at radius 3 is 2.79 bits per heavy atom. The fourth-order valence-corrected chi connectivity index (χ4v) is 7.68. The fourth-order valence-electron chi connectivity index (χ4n) is 2.60. The predicted molar refractivity (Wildman–Crippen MR) is 117 cm³/mol. The molecule has 0 spiro atoms. The van der Waals surface area contributed by atoms with Gasteiger partial charge in [0.25, 0.3) is 0 Å². The van der Waals surface area contributed by atoms with Crippen LogP contribution in [0.4, 0.5) is 0 Å². The molecule has 6 nitrogen and oxygen atoms in total. The van der Waals surface area contributed by atoms with E-state index in [2.05, 4.69) is 0 Å². The Balaban J connectivity index is 1.76. The van der Waals surface area contributed by atoms with Gasteiger partial charge in [0.05, 0.1) is 0 Å². The van der Waals surface area contributed by atoms with E-state index in [0.29, 0.717) is 41.6 Å². The summed E-state index contributed by atoms with van der Waals surface area (Å²) in [6.07, 6.45) is 0.791. The number of halogens is 2. The maximum atomic E-state index is 11.9. The molecule has 160 valence electrons. The van der Waals surface area contributed by atoms with Gasteiger partial charge in [-0.05, 0) is 6.92 Å². The molecule has 0 amide bonds. The molecule has 0 aliphatic carbocycles. The van der Waals surface area contributed by atoms with Crippen LogP contribution < -0.4 is 4.74 Å². The topological polar surface area (TPSA) is 74.2 Å². The summed E-state index contributed by atoms with van der Waals surface area (Å²) in [5, 5.41) is 10.9. The van der Waals surface area contributed by atoms with Crippen LogP contribution in [-0.2, 0) is 23.9 Å². The van der Waals surface area contributed by atoms with E-state index in [1.54, 1.807) is 6.07 Å². The van der Waals surface area contributed by atoms with Gasteiger partial charge in [-0.2, -0.15) is 0 Å². The summed E-state index contributed by atoms with van der Waals surface area (Å²) >= 11 is 4.00. The fraction of sp³-hybridized carbons (Fsp3) is 0.650. The zero-order valence-electron chi connectivity index (χ0n) is 16.7. The second-order valence-electron chi connectivity index (χ2n) is 6.87. The molecule has 0 bridgehead atoms. The average molecular weight is 529 g/mol. The van der Waals surface area contributed by atoms with Crippen molar-refractivity contribution >= 4 is 37.8 Å². The molecule has 1 aliphatic rings. The van der Waals surface area contributed by atoms with Gasteiger partial charge >= 0.3 is 167 Å². The van der Waals surface area contributed by atoms with Crippen molar-refractivity contribution in [1.82, 2.24) is 0 Å². The van der Waals surface area contributed by atoms with E-state index in [1.165, 1.54) is 0 Å². The molecule has 0 saturated carbocycles. The van der Waals surface area contributed by atoms with Crippen molar-refractivity contribution in [3.05, 3.63) is 28.8 Å². The normalized spacial score (nSPS) is 19.1. The van der Waals surface area contributed by atoms with Crippen LogP contribution in [-0.4, -0.2) is 46.0 Å². The summed E-state index contributed by atoms with van der Waals surface area (Å²) in [5.74, 6) is 0.602. The molecule has 1 heterocycles. The Morgan fingerprint density at radius 1 is 1.32 bits per heavy atom. The number of ether oxygens (including phenoxy) is 3. The molecule has 2 atom stereocenters. The van der Waals surface area contributed by atoms with Crippen LogP contribution >= 0.6 is 31.8 Å². The van der Waals surface area contributed by atoms with E-state index >= 15 is 0 Å². The van der Waals surface area contributed by atoms with Crippen molar-refractivity contribution in [2.75, 3.05) is 30.9 Å². The van der Waals surface area contributed by atoms with Crippen molar-refractivity contribution in [1.29, 1.82) is 0 Å². The molecule has 8 heteroatoms. The molecule has 1 fully saturated rings. The molecule has 1 N–H and O–H groups in total. The van der Waals surface area contributed by atoms with Crippen LogP contribution in [0.2, 0.25) is 5.02 Å². The molecule has 0 aromatic heterocycles. The van der Waals surface area contributed by atoms with E-state index in [1.807, 2.05) is 32.9 Å². The molecule has 1 aliphatic heterocycles. The Kier molecular flexibility index (Phi) is 10.3. The number of hydrogen-bond donors (Lipinski definition) is 1. The second kappa shape index (κ2) is 12.2. The SMILES string of the molecule is CCOCCCOc1cc(COC[C@@H](O)I2C[C@@H](C(C)C)C(=O)O2)ccc1Cl. The van der Waals surface area contributed by atoms with E-state index in [0.717, 1.165) is 12.0 Å². The van der Waals surface area contributed by atoms with Gasteiger partial charge in [0.2, 0.25) is 0 Å². The number of carbonyl (C=O) groups is 1. The van der Waals surface area contributed by atoms with Gasteiger partial charge in [0.15, 0.2) is 0 Å². The number of benzene rings is 1. The molecular weight excluding hydrogens is 499 g/mol. The first-order valence-corrected chi connectivity index (χ1v) is 13.6. The number of alkyl halides is 2. The Labute approximate surface area is 179 Å². The Bertz CT molecular complexity index is 627. The first-order chi connectivity index (χ1) is 13.4. The number of aliphatic hydroxyl groups is 1. The van der Waals surface area contributed by atoms with Crippen molar-refractivity contribution in [3.63, 3.8) is 0 Å². The number of aliphatic hydroxyl groups excluding tert-OH is 1. The molecule has 1 aromatic rings. The third kappa shape index (κ3) is 7.33. The third-order valence-electron chi connectivity index (χ3n) is 4.30. The van der Waals surface area contributed by atoms with Crippen LogP contribution in [0.15, 0.2) is 18.2 Å². The minimum atomic E-state index is -2.18. The Morgan fingerprint density at radius 2 is 2.11 bits per heavy atom. The zero-order chi connectivity index (χ0) is 20.5. The van der Waals surface area contributed by atoms with Crippen molar-refractivity contribution < 1.29 is 27.2 Å². The van der Waals surface area contributed by atoms with Crippen molar-refractivity contribution in [2.45, 2.75) is 37.9 Å². The van der Waals surface area contributed by atoms with Gasteiger partial charge < -0.3 is 0 Å². The molecule has 2 rings (SSSR count).